The Kier molecular flexibility index (Phi) is 13.1. The molecule has 0 saturated carbocycles. The van der Waals surface area contributed by atoms with Crippen LogP contribution < -0.4 is 0 Å². The van der Waals surface area contributed by atoms with Gasteiger partial charge in [-0.25, -0.2) is 0 Å². The summed E-state index contributed by atoms with van der Waals surface area (Å²) in [6.45, 7) is 0. The fourth-order valence-electron chi connectivity index (χ4n) is 14.6. The van der Waals surface area contributed by atoms with Crippen molar-refractivity contribution in [1.82, 2.24) is 28.2 Å². The first-order valence-electron chi connectivity index (χ1n) is 32.0. The largest absolute Gasteiger partial charge is 0.309 e. The second kappa shape index (κ2) is 22.7. The SMILES string of the molecule is c1ccc(-c2ccc(-n3c4ccccc4c4c(-c5ccc6c(c5)c5ncccc5n6-c5cccc(-c6ccccc6)c5)cccc43)cc2)cc1.c1ccc(-c2cccc(-n3c4ccc(-c5cccc6c5c5ccccc5n6-c5ccccc5)cc4c4ncccc43)c2)cc1. The highest BCUT2D eigenvalue weighted by atomic mass is 15.0. The summed E-state index contributed by atoms with van der Waals surface area (Å²) >= 11 is 0. The molecule has 0 radical (unpaired) electrons. The zero-order valence-electron chi connectivity index (χ0n) is 51.2. The van der Waals surface area contributed by atoms with E-state index < -0.39 is 0 Å². The average molecular weight is 1200 g/mol. The molecule has 440 valence electrons. The van der Waals surface area contributed by atoms with Crippen LogP contribution in [0, 0.1) is 0 Å². The molecule has 0 fully saturated rings. The summed E-state index contributed by atoms with van der Waals surface area (Å²) < 4.78 is 9.46. The van der Waals surface area contributed by atoms with Crippen molar-refractivity contribution in [2.24, 2.45) is 0 Å². The minimum Gasteiger partial charge on any atom is -0.309 e. The number of aromatic nitrogens is 6. The van der Waals surface area contributed by atoms with Gasteiger partial charge in [0.05, 0.1) is 55.2 Å². The summed E-state index contributed by atoms with van der Waals surface area (Å²) in [4.78, 5) is 9.83. The molecule has 6 heteroatoms. The number of para-hydroxylation sites is 3. The Bertz CT molecular complexity index is 6080. The molecule has 6 nitrogen and oxygen atoms in total. The third-order valence-corrected chi connectivity index (χ3v) is 18.7. The van der Waals surface area contributed by atoms with Crippen LogP contribution in [0.3, 0.4) is 0 Å². The maximum atomic E-state index is 4.93. The molecule has 6 heterocycles. The van der Waals surface area contributed by atoms with Crippen LogP contribution in [0.4, 0.5) is 0 Å². The van der Waals surface area contributed by atoms with E-state index >= 15 is 0 Å². The van der Waals surface area contributed by atoms with Gasteiger partial charge in [-0.05, 0) is 177 Å². The number of fused-ring (bicyclic) bond motifs is 12. The van der Waals surface area contributed by atoms with E-state index in [9.17, 15) is 0 Å². The molecule has 0 amide bonds. The van der Waals surface area contributed by atoms with Crippen molar-refractivity contribution in [3.05, 3.63) is 352 Å². The van der Waals surface area contributed by atoms with Gasteiger partial charge in [0.15, 0.2) is 0 Å². The van der Waals surface area contributed by atoms with E-state index in [0.29, 0.717) is 0 Å². The molecule has 0 spiro atoms. The van der Waals surface area contributed by atoms with Gasteiger partial charge in [0, 0.05) is 67.5 Å². The number of benzene rings is 13. The molecule has 0 aliphatic heterocycles. The van der Waals surface area contributed by atoms with Gasteiger partial charge in [-0.2, -0.15) is 0 Å². The van der Waals surface area contributed by atoms with Crippen molar-refractivity contribution in [2.45, 2.75) is 0 Å². The van der Waals surface area contributed by atoms with Gasteiger partial charge < -0.3 is 18.3 Å². The van der Waals surface area contributed by atoms with Crippen LogP contribution in [0.5, 0.6) is 0 Å². The summed E-state index contributed by atoms with van der Waals surface area (Å²) in [5, 5.41) is 7.29. The Hall–Kier alpha value is -12.6. The van der Waals surface area contributed by atoms with Crippen LogP contribution in [-0.4, -0.2) is 28.2 Å². The molecule has 94 heavy (non-hydrogen) atoms. The van der Waals surface area contributed by atoms with Gasteiger partial charge in [0.25, 0.3) is 0 Å². The Morgan fingerprint density at radius 1 is 0.181 bits per heavy atom. The van der Waals surface area contributed by atoms with Crippen molar-refractivity contribution in [1.29, 1.82) is 0 Å². The molecule has 6 aromatic heterocycles. The van der Waals surface area contributed by atoms with Gasteiger partial charge in [-0.15, -0.1) is 0 Å². The van der Waals surface area contributed by atoms with E-state index in [-0.39, 0.29) is 0 Å². The Morgan fingerprint density at radius 2 is 0.500 bits per heavy atom. The maximum absolute atomic E-state index is 4.93. The van der Waals surface area contributed by atoms with Crippen molar-refractivity contribution >= 4 is 87.5 Å². The average Bonchev–Trinajstić information content (AvgIpc) is 1.59. The Morgan fingerprint density at radius 3 is 0.968 bits per heavy atom. The minimum absolute atomic E-state index is 1.00. The Balaban J connectivity index is 0.000000139. The van der Waals surface area contributed by atoms with Crippen LogP contribution in [0.1, 0.15) is 0 Å². The lowest BCUT2D eigenvalue weighted by atomic mass is 9.98. The van der Waals surface area contributed by atoms with E-state index in [1.807, 2.05) is 24.5 Å². The molecular formula is C88H58N6. The zero-order valence-corrected chi connectivity index (χ0v) is 51.2. The third-order valence-electron chi connectivity index (χ3n) is 18.7. The fraction of sp³-hybridized carbons (Fsp3) is 0. The van der Waals surface area contributed by atoms with Crippen LogP contribution in [0.25, 0.3) is 166 Å². The molecule has 0 N–H and O–H groups in total. The molecule has 0 aliphatic carbocycles. The van der Waals surface area contributed by atoms with Crippen molar-refractivity contribution in [3.63, 3.8) is 0 Å². The van der Waals surface area contributed by atoms with Gasteiger partial charge >= 0.3 is 0 Å². The Labute approximate surface area is 543 Å². The normalized spacial score (nSPS) is 11.6. The van der Waals surface area contributed by atoms with E-state index in [4.69, 9.17) is 9.97 Å². The lowest BCUT2D eigenvalue weighted by Gasteiger charge is -2.11. The van der Waals surface area contributed by atoms with Crippen molar-refractivity contribution < 1.29 is 0 Å². The summed E-state index contributed by atoms with van der Waals surface area (Å²) in [7, 11) is 0. The first kappa shape index (κ1) is 54.3. The van der Waals surface area contributed by atoms with Crippen LogP contribution in [0.2, 0.25) is 0 Å². The highest BCUT2D eigenvalue weighted by molar-refractivity contribution is 6.19. The van der Waals surface area contributed by atoms with Crippen LogP contribution in [0.15, 0.2) is 352 Å². The van der Waals surface area contributed by atoms with E-state index in [1.165, 1.54) is 99.2 Å². The summed E-state index contributed by atoms with van der Waals surface area (Å²) in [5.74, 6) is 0. The standard InChI is InChI=1S/C47H31N3.C41H27N3/c1-3-12-32(13-4-1)34-23-26-37(27-24-34)49-42-20-8-7-18-40(42)46-39(19-10-21-44(46)49)36-25-28-43-41(31-36)47-45(22-11-29-48-47)50(43)38-17-9-16-35(30-38)33-14-5-2-6-15-33;1-3-12-28(13-4-1)29-14-9-17-32(26-29)44-37-24-23-30(27-35(37)41-39(44)22-11-25-42-41)33-19-10-21-38-40(33)34-18-7-8-20-36(34)43(38)31-15-5-2-6-16-31/h1-31H;1-27H. The van der Waals surface area contributed by atoms with Gasteiger partial charge in [-0.3, -0.25) is 9.97 Å². The van der Waals surface area contributed by atoms with Gasteiger partial charge in [0.2, 0.25) is 0 Å². The highest BCUT2D eigenvalue weighted by Gasteiger charge is 2.22. The molecule has 0 unspecified atom stereocenters. The maximum Gasteiger partial charge on any atom is 0.0963 e. The molecule has 0 aliphatic rings. The molecule has 0 saturated heterocycles. The molecule has 0 atom stereocenters. The number of hydrogen-bond donors (Lipinski definition) is 0. The minimum atomic E-state index is 1.00. The van der Waals surface area contributed by atoms with Gasteiger partial charge in [-0.1, -0.05) is 218 Å². The zero-order chi connectivity index (χ0) is 62.1. The van der Waals surface area contributed by atoms with Crippen molar-refractivity contribution in [3.8, 4) is 78.4 Å². The second-order valence-electron chi connectivity index (χ2n) is 24.1. The number of pyridine rings is 2. The lowest BCUT2D eigenvalue weighted by molar-refractivity contribution is 1.18. The number of nitrogens with zero attached hydrogens (tertiary/aromatic N) is 6. The van der Waals surface area contributed by atoms with Gasteiger partial charge in [0.1, 0.15) is 0 Å². The molecule has 19 rings (SSSR count). The van der Waals surface area contributed by atoms with E-state index in [1.54, 1.807) is 0 Å². The number of hydrogen-bond acceptors (Lipinski definition) is 2. The first-order chi connectivity index (χ1) is 46.7. The van der Waals surface area contributed by atoms with Crippen LogP contribution >= 0.6 is 0 Å². The third kappa shape index (κ3) is 9.10. The molecule has 0 bridgehead atoms. The first-order valence-corrected chi connectivity index (χ1v) is 32.0. The molecular weight excluding hydrogens is 1140 g/mol. The van der Waals surface area contributed by atoms with Crippen LogP contribution in [-0.2, 0) is 0 Å². The lowest BCUT2D eigenvalue weighted by Crippen LogP contribution is -1.94. The predicted octanol–water partition coefficient (Wildman–Crippen LogP) is 22.9. The summed E-state index contributed by atoms with van der Waals surface area (Å²) in [6, 6.07) is 122. The van der Waals surface area contributed by atoms with E-state index in [2.05, 4.69) is 346 Å². The molecule has 19 aromatic rings. The second-order valence-corrected chi connectivity index (χ2v) is 24.1. The summed E-state index contributed by atoms with van der Waals surface area (Å²) in [5.41, 5.74) is 27.9. The predicted molar refractivity (Wildman–Crippen MR) is 393 cm³/mol. The van der Waals surface area contributed by atoms with E-state index in [0.717, 1.165) is 66.6 Å². The molecule has 13 aromatic carbocycles. The van der Waals surface area contributed by atoms with Crippen molar-refractivity contribution in [2.75, 3.05) is 0 Å². The highest BCUT2D eigenvalue weighted by Crippen LogP contribution is 2.44. The topological polar surface area (TPSA) is 45.5 Å². The summed E-state index contributed by atoms with van der Waals surface area (Å²) in [6.07, 6.45) is 3.80. The monoisotopic (exact) mass is 1200 g/mol. The fourth-order valence-corrected chi connectivity index (χ4v) is 14.6. The smallest absolute Gasteiger partial charge is 0.0963 e. The number of rotatable bonds is 9. The quantitative estimate of drug-likeness (QED) is 0.145.